The monoisotopic (exact) mass is 494 g/mol. The third-order valence-electron chi connectivity index (χ3n) is 6.90. The number of ether oxygens (including phenoxy) is 2. The van der Waals surface area contributed by atoms with Crippen LogP contribution in [0.5, 0.6) is 0 Å². The highest BCUT2D eigenvalue weighted by atomic mass is 16.5. The average Bonchev–Trinajstić information content (AvgIpc) is 3.26. The highest BCUT2D eigenvalue weighted by molar-refractivity contribution is 5.93. The molecule has 0 saturated carbocycles. The number of benzene rings is 3. The van der Waals surface area contributed by atoms with Crippen LogP contribution in [0.2, 0.25) is 0 Å². The minimum absolute atomic E-state index is 0.133. The zero-order valence-corrected chi connectivity index (χ0v) is 21.3. The van der Waals surface area contributed by atoms with Crippen LogP contribution in [0.4, 0.5) is 4.79 Å². The van der Waals surface area contributed by atoms with Crippen LogP contribution in [0.1, 0.15) is 69.2 Å². The summed E-state index contributed by atoms with van der Waals surface area (Å²) in [5.41, 5.74) is 7.14. The number of amides is 1. The summed E-state index contributed by atoms with van der Waals surface area (Å²) >= 11 is 0. The highest BCUT2D eigenvalue weighted by Crippen LogP contribution is 2.46. The van der Waals surface area contributed by atoms with E-state index >= 15 is 0 Å². The van der Waals surface area contributed by atoms with E-state index in [9.17, 15) is 9.59 Å². The molecule has 6 heteroatoms. The molecule has 0 radical (unpaired) electrons. The lowest BCUT2D eigenvalue weighted by Gasteiger charge is -2.18. The molecular weight excluding hydrogens is 464 g/mol. The number of pyridine rings is 1. The van der Waals surface area contributed by atoms with Gasteiger partial charge in [-0.15, -0.1) is 0 Å². The number of aromatic nitrogens is 1. The van der Waals surface area contributed by atoms with E-state index in [0.29, 0.717) is 12.1 Å². The summed E-state index contributed by atoms with van der Waals surface area (Å²) in [6.45, 7) is 6.33. The topological polar surface area (TPSA) is 77.5 Å². The second kappa shape index (κ2) is 10.4. The predicted molar refractivity (Wildman–Crippen MR) is 143 cm³/mol. The summed E-state index contributed by atoms with van der Waals surface area (Å²) in [6.07, 6.45) is 0.119. The summed E-state index contributed by atoms with van der Waals surface area (Å²) in [5.74, 6) is -0.570. The summed E-state index contributed by atoms with van der Waals surface area (Å²) in [7, 11) is 0. The summed E-state index contributed by atoms with van der Waals surface area (Å²) in [5, 5.41) is 4.04. The van der Waals surface area contributed by atoms with E-state index in [1.807, 2.05) is 68.4 Å². The molecule has 6 nitrogen and oxygen atoms in total. The fourth-order valence-corrected chi connectivity index (χ4v) is 5.24. The molecule has 37 heavy (non-hydrogen) atoms. The second-order valence-corrected chi connectivity index (χ2v) is 9.47. The Morgan fingerprint density at radius 2 is 1.76 bits per heavy atom. The number of hydrogen-bond donors (Lipinski definition) is 1. The molecule has 1 aromatic heterocycles. The Morgan fingerprint density at radius 1 is 0.946 bits per heavy atom. The van der Waals surface area contributed by atoms with Crippen LogP contribution in [-0.4, -0.2) is 23.7 Å². The Bertz CT molecular complexity index is 1470. The lowest BCUT2D eigenvalue weighted by atomic mass is 9.90. The summed E-state index contributed by atoms with van der Waals surface area (Å²) in [4.78, 5) is 30.5. The van der Waals surface area contributed by atoms with Gasteiger partial charge in [0.25, 0.3) is 0 Å². The fraction of sp³-hybridized carbons (Fsp3) is 0.258. The van der Waals surface area contributed by atoms with Gasteiger partial charge in [0.1, 0.15) is 6.61 Å². The number of esters is 1. The number of aryl methyl sites for hydroxylation is 2. The van der Waals surface area contributed by atoms with Crippen LogP contribution in [0.15, 0.2) is 72.8 Å². The molecule has 4 aromatic rings. The van der Waals surface area contributed by atoms with Crippen LogP contribution in [0, 0.1) is 13.8 Å². The van der Waals surface area contributed by atoms with E-state index < -0.39 is 12.1 Å². The zero-order valence-electron chi connectivity index (χ0n) is 21.3. The van der Waals surface area contributed by atoms with Gasteiger partial charge >= 0.3 is 12.1 Å². The Labute approximate surface area is 216 Å². The van der Waals surface area contributed by atoms with Crippen molar-refractivity contribution in [3.05, 3.63) is 112 Å². The van der Waals surface area contributed by atoms with Crippen molar-refractivity contribution in [1.29, 1.82) is 0 Å². The van der Waals surface area contributed by atoms with E-state index in [1.165, 1.54) is 0 Å². The summed E-state index contributed by atoms with van der Waals surface area (Å²) < 4.78 is 10.9. The van der Waals surface area contributed by atoms with Crippen LogP contribution < -0.4 is 5.32 Å². The van der Waals surface area contributed by atoms with Gasteiger partial charge in [-0.2, -0.15) is 0 Å². The molecule has 0 unspecified atom stereocenters. The number of nitrogens with one attached hydrogen (secondary N) is 1. The standard InChI is InChI=1S/C31H30N2O4/c1-4-36-30(34)29-25(16-22-15-19(2)13-14-26(22)32-29)24-17-27(28-20(3)9-8-12-23(24)28)33-31(35)37-18-21-10-6-5-7-11-21/h5-16,24,27H,4,17-18H2,1-3H3,(H,33,35)/t24-,27+/m1/s1. The van der Waals surface area contributed by atoms with Gasteiger partial charge in [0, 0.05) is 11.3 Å². The Hall–Kier alpha value is -4.19. The maximum atomic E-state index is 13.0. The SMILES string of the molecule is CCOC(=O)c1nc2ccc(C)cc2cc1[C@@H]1C[C@H](NC(=O)OCc2ccccc2)c2c(C)cccc21. The molecule has 2 atom stereocenters. The maximum Gasteiger partial charge on any atom is 0.407 e. The van der Waals surface area contributed by atoms with E-state index in [-0.39, 0.29) is 25.2 Å². The van der Waals surface area contributed by atoms with E-state index in [1.54, 1.807) is 6.92 Å². The lowest BCUT2D eigenvalue weighted by molar-refractivity contribution is 0.0518. The first kappa shape index (κ1) is 24.5. The number of carbonyl (C=O) groups is 2. The minimum Gasteiger partial charge on any atom is -0.461 e. The van der Waals surface area contributed by atoms with Crippen molar-refractivity contribution in [1.82, 2.24) is 10.3 Å². The van der Waals surface area contributed by atoms with Crippen molar-refractivity contribution in [2.45, 2.75) is 45.8 Å². The van der Waals surface area contributed by atoms with Crippen molar-refractivity contribution < 1.29 is 19.1 Å². The molecular formula is C31H30N2O4. The van der Waals surface area contributed by atoms with E-state index in [4.69, 9.17) is 14.5 Å². The van der Waals surface area contributed by atoms with Crippen LogP contribution in [-0.2, 0) is 16.1 Å². The van der Waals surface area contributed by atoms with Gasteiger partial charge in [-0.25, -0.2) is 14.6 Å². The largest absolute Gasteiger partial charge is 0.461 e. The number of alkyl carbamates (subject to hydrolysis) is 1. The molecule has 0 bridgehead atoms. The second-order valence-electron chi connectivity index (χ2n) is 9.47. The van der Waals surface area contributed by atoms with E-state index in [0.717, 1.165) is 44.3 Å². The van der Waals surface area contributed by atoms with Gasteiger partial charge in [-0.3, -0.25) is 0 Å². The Kier molecular flexibility index (Phi) is 6.91. The van der Waals surface area contributed by atoms with Gasteiger partial charge in [0.15, 0.2) is 5.69 Å². The first-order chi connectivity index (χ1) is 17.9. The fourth-order valence-electron chi connectivity index (χ4n) is 5.24. The zero-order chi connectivity index (χ0) is 25.9. The molecule has 3 aromatic carbocycles. The first-order valence-electron chi connectivity index (χ1n) is 12.6. The van der Waals surface area contributed by atoms with Gasteiger partial charge in [0.05, 0.1) is 18.2 Å². The van der Waals surface area contributed by atoms with Gasteiger partial charge in [-0.05, 0) is 73.2 Å². The van der Waals surface area contributed by atoms with Gasteiger partial charge in [0.2, 0.25) is 0 Å². The smallest absolute Gasteiger partial charge is 0.407 e. The number of hydrogen-bond acceptors (Lipinski definition) is 5. The van der Waals surface area contributed by atoms with Crippen molar-refractivity contribution in [2.75, 3.05) is 6.61 Å². The van der Waals surface area contributed by atoms with Crippen LogP contribution >= 0.6 is 0 Å². The lowest BCUT2D eigenvalue weighted by Crippen LogP contribution is -2.28. The number of carbonyl (C=O) groups excluding carboxylic acids is 2. The third-order valence-corrected chi connectivity index (χ3v) is 6.90. The minimum atomic E-state index is -0.471. The molecule has 5 rings (SSSR count). The molecule has 1 heterocycles. The Morgan fingerprint density at radius 3 is 2.54 bits per heavy atom. The third kappa shape index (κ3) is 5.05. The van der Waals surface area contributed by atoms with E-state index in [2.05, 4.69) is 23.5 Å². The number of fused-ring (bicyclic) bond motifs is 2. The first-order valence-corrected chi connectivity index (χ1v) is 12.6. The molecule has 0 saturated heterocycles. The molecule has 1 aliphatic rings. The molecule has 0 fully saturated rings. The van der Waals surface area contributed by atoms with Crippen molar-refractivity contribution in [2.24, 2.45) is 0 Å². The number of nitrogens with zero attached hydrogens (tertiary/aromatic N) is 1. The molecule has 1 amide bonds. The van der Waals surface area contributed by atoms with Gasteiger partial charge in [-0.1, -0.05) is 60.2 Å². The normalized spacial score (nSPS) is 16.3. The molecule has 1 aliphatic carbocycles. The molecule has 188 valence electrons. The molecule has 0 aliphatic heterocycles. The van der Waals surface area contributed by atoms with Crippen molar-refractivity contribution in [3.8, 4) is 0 Å². The van der Waals surface area contributed by atoms with Crippen LogP contribution in [0.25, 0.3) is 10.9 Å². The van der Waals surface area contributed by atoms with Crippen LogP contribution in [0.3, 0.4) is 0 Å². The molecule has 0 spiro atoms. The highest BCUT2D eigenvalue weighted by Gasteiger charge is 2.37. The Balaban J connectivity index is 1.50. The quantitative estimate of drug-likeness (QED) is 0.308. The average molecular weight is 495 g/mol. The number of rotatable bonds is 6. The summed E-state index contributed by atoms with van der Waals surface area (Å²) in [6, 6.07) is 23.5. The van der Waals surface area contributed by atoms with Crippen molar-refractivity contribution in [3.63, 3.8) is 0 Å². The predicted octanol–water partition coefficient (Wildman–Crippen LogP) is 6.53. The maximum absolute atomic E-state index is 13.0. The van der Waals surface area contributed by atoms with Gasteiger partial charge < -0.3 is 14.8 Å². The van der Waals surface area contributed by atoms with Crippen molar-refractivity contribution >= 4 is 23.0 Å². The molecule has 1 N–H and O–H groups in total.